The van der Waals surface area contributed by atoms with Crippen molar-refractivity contribution >= 4 is 11.8 Å². The van der Waals surface area contributed by atoms with Crippen molar-refractivity contribution in [1.82, 2.24) is 0 Å². The molecule has 0 aliphatic carbocycles. The number of hydrogen-bond acceptors (Lipinski definition) is 3. The van der Waals surface area contributed by atoms with Crippen LogP contribution in [0.4, 0.5) is 0 Å². The molecule has 0 saturated carbocycles. The molecule has 0 radical (unpaired) electrons. The summed E-state index contributed by atoms with van der Waals surface area (Å²) < 4.78 is 5.38. The zero-order valence-electron chi connectivity index (χ0n) is 9.03. The highest BCUT2D eigenvalue weighted by Gasteiger charge is 2.18. The zero-order chi connectivity index (χ0) is 10.7. The molecule has 1 aromatic rings. The van der Waals surface area contributed by atoms with Gasteiger partial charge in [0.15, 0.2) is 0 Å². The Labute approximate surface area is 95.2 Å². The van der Waals surface area contributed by atoms with Gasteiger partial charge in [0.1, 0.15) is 5.75 Å². The third kappa shape index (κ3) is 2.29. The molecule has 2 nitrogen and oxygen atoms in total. The molecule has 0 bridgehead atoms. The fourth-order valence-electron chi connectivity index (χ4n) is 1.99. The van der Waals surface area contributed by atoms with Gasteiger partial charge in [0, 0.05) is 0 Å². The third-order valence-corrected chi connectivity index (χ3v) is 4.09. The van der Waals surface area contributed by atoms with E-state index in [1.54, 1.807) is 7.11 Å². The fraction of sp³-hybridized carbons (Fsp3) is 0.500. The lowest BCUT2D eigenvalue weighted by molar-refractivity contribution is 0.403. The van der Waals surface area contributed by atoms with E-state index in [1.165, 1.54) is 16.9 Å². The van der Waals surface area contributed by atoms with Crippen LogP contribution in [0.2, 0.25) is 0 Å². The maximum absolute atomic E-state index is 5.76. The van der Waals surface area contributed by atoms with E-state index in [0.717, 1.165) is 24.5 Å². The van der Waals surface area contributed by atoms with Gasteiger partial charge in [0.25, 0.3) is 0 Å². The van der Waals surface area contributed by atoms with Gasteiger partial charge in [0.05, 0.1) is 12.0 Å². The molecule has 82 valence electrons. The Kier molecular flexibility index (Phi) is 3.54. The van der Waals surface area contributed by atoms with E-state index in [0.29, 0.717) is 5.92 Å². The number of thioether (sulfide) groups is 1. The van der Waals surface area contributed by atoms with E-state index in [2.05, 4.69) is 12.1 Å². The van der Waals surface area contributed by atoms with Crippen LogP contribution in [0, 0.1) is 5.92 Å². The van der Waals surface area contributed by atoms with Crippen LogP contribution >= 0.6 is 11.8 Å². The van der Waals surface area contributed by atoms with Gasteiger partial charge in [-0.1, -0.05) is 12.1 Å². The van der Waals surface area contributed by atoms with Gasteiger partial charge in [-0.2, -0.15) is 0 Å². The largest absolute Gasteiger partial charge is 0.496 e. The average Bonchev–Trinajstić information content (AvgIpc) is 2.49. The van der Waals surface area contributed by atoms with Gasteiger partial charge in [-0.05, 0) is 42.7 Å². The molecule has 0 amide bonds. The van der Waals surface area contributed by atoms with Crippen molar-refractivity contribution in [3.05, 3.63) is 23.8 Å². The average molecular weight is 223 g/mol. The van der Waals surface area contributed by atoms with Crippen molar-refractivity contribution < 1.29 is 4.74 Å². The van der Waals surface area contributed by atoms with Crippen LogP contribution in [-0.2, 0) is 6.42 Å². The number of fused-ring (bicyclic) bond motifs is 1. The van der Waals surface area contributed by atoms with E-state index < -0.39 is 0 Å². The Morgan fingerprint density at radius 2 is 2.40 bits per heavy atom. The standard InChI is InChI=1S/C12H17NOS/c1-14-11-4-2-3-10-7-9(8-13)5-6-15-12(10)11/h2-4,9H,5-8,13H2,1H3. The molecule has 1 heterocycles. The molecular weight excluding hydrogens is 206 g/mol. The van der Waals surface area contributed by atoms with E-state index in [9.17, 15) is 0 Å². The molecule has 0 saturated heterocycles. The minimum atomic E-state index is 0.630. The number of hydrogen-bond donors (Lipinski definition) is 1. The Morgan fingerprint density at radius 3 is 3.13 bits per heavy atom. The first kappa shape index (κ1) is 10.8. The van der Waals surface area contributed by atoms with Crippen molar-refractivity contribution in [2.24, 2.45) is 11.7 Å². The summed E-state index contributed by atoms with van der Waals surface area (Å²) in [5.74, 6) is 2.79. The van der Waals surface area contributed by atoms with Gasteiger partial charge in [-0.25, -0.2) is 0 Å². The molecular formula is C12H17NOS. The van der Waals surface area contributed by atoms with Gasteiger partial charge in [0.2, 0.25) is 0 Å². The van der Waals surface area contributed by atoms with Crippen LogP contribution in [0.25, 0.3) is 0 Å². The second kappa shape index (κ2) is 4.90. The highest BCUT2D eigenvalue weighted by molar-refractivity contribution is 7.99. The highest BCUT2D eigenvalue weighted by Crippen LogP contribution is 2.37. The second-order valence-electron chi connectivity index (χ2n) is 3.89. The van der Waals surface area contributed by atoms with Crippen molar-refractivity contribution in [1.29, 1.82) is 0 Å². The van der Waals surface area contributed by atoms with Gasteiger partial charge >= 0.3 is 0 Å². The van der Waals surface area contributed by atoms with E-state index >= 15 is 0 Å². The van der Waals surface area contributed by atoms with Crippen molar-refractivity contribution in [3.63, 3.8) is 0 Å². The number of ether oxygens (including phenoxy) is 1. The summed E-state index contributed by atoms with van der Waals surface area (Å²) in [4.78, 5) is 1.32. The van der Waals surface area contributed by atoms with Crippen molar-refractivity contribution in [2.75, 3.05) is 19.4 Å². The smallest absolute Gasteiger partial charge is 0.132 e. The van der Waals surface area contributed by atoms with Crippen LogP contribution in [0.5, 0.6) is 5.75 Å². The molecule has 2 N–H and O–H groups in total. The molecule has 1 aromatic carbocycles. The number of nitrogens with two attached hydrogens (primary N) is 1. The van der Waals surface area contributed by atoms with Crippen LogP contribution in [-0.4, -0.2) is 19.4 Å². The van der Waals surface area contributed by atoms with Crippen LogP contribution in [0.3, 0.4) is 0 Å². The Hall–Kier alpha value is -0.670. The number of benzene rings is 1. The predicted molar refractivity (Wildman–Crippen MR) is 64.6 cm³/mol. The molecule has 0 aromatic heterocycles. The summed E-state index contributed by atoms with van der Waals surface area (Å²) in [6.45, 7) is 0.789. The van der Waals surface area contributed by atoms with E-state index in [1.807, 2.05) is 17.8 Å². The second-order valence-corrected chi connectivity index (χ2v) is 5.00. The lowest BCUT2D eigenvalue weighted by atomic mass is 9.97. The molecule has 0 spiro atoms. The summed E-state index contributed by atoms with van der Waals surface area (Å²) in [6, 6.07) is 6.30. The molecule has 3 heteroatoms. The van der Waals surface area contributed by atoms with Gasteiger partial charge in [-0.15, -0.1) is 11.8 Å². The van der Waals surface area contributed by atoms with Crippen molar-refractivity contribution in [2.45, 2.75) is 17.7 Å². The lowest BCUT2D eigenvalue weighted by Crippen LogP contribution is -2.16. The van der Waals surface area contributed by atoms with E-state index in [-0.39, 0.29) is 0 Å². The fourth-order valence-corrected chi connectivity index (χ4v) is 3.27. The Balaban J connectivity index is 2.32. The molecule has 1 unspecified atom stereocenters. The molecule has 1 aliphatic rings. The van der Waals surface area contributed by atoms with Crippen LogP contribution < -0.4 is 10.5 Å². The van der Waals surface area contributed by atoms with Crippen LogP contribution in [0.1, 0.15) is 12.0 Å². The summed E-state index contributed by atoms with van der Waals surface area (Å²) in [6.07, 6.45) is 2.30. The third-order valence-electron chi connectivity index (χ3n) is 2.89. The molecule has 1 atom stereocenters. The Morgan fingerprint density at radius 1 is 1.53 bits per heavy atom. The molecule has 1 aliphatic heterocycles. The summed E-state index contributed by atoms with van der Waals surface area (Å²) in [7, 11) is 1.74. The maximum atomic E-state index is 5.76. The van der Waals surface area contributed by atoms with Gasteiger partial charge in [-0.3, -0.25) is 0 Å². The van der Waals surface area contributed by atoms with Crippen molar-refractivity contribution in [3.8, 4) is 5.75 Å². The number of methoxy groups -OCH3 is 1. The topological polar surface area (TPSA) is 35.2 Å². The quantitative estimate of drug-likeness (QED) is 0.835. The maximum Gasteiger partial charge on any atom is 0.132 e. The minimum Gasteiger partial charge on any atom is -0.496 e. The lowest BCUT2D eigenvalue weighted by Gasteiger charge is -2.12. The first-order chi connectivity index (χ1) is 7.35. The normalized spacial score (nSPS) is 20.5. The molecule has 15 heavy (non-hydrogen) atoms. The Bertz CT molecular complexity index is 340. The van der Waals surface area contributed by atoms with Gasteiger partial charge < -0.3 is 10.5 Å². The first-order valence-corrected chi connectivity index (χ1v) is 6.32. The summed E-state index contributed by atoms with van der Waals surface area (Å²) in [5, 5.41) is 0. The van der Waals surface area contributed by atoms with E-state index in [4.69, 9.17) is 10.5 Å². The number of rotatable bonds is 2. The monoisotopic (exact) mass is 223 g/mol. The summed E-state index contributed by atoms with van der Waals surface area (Å²) >= 11 is 1.90. The minimum absolute atomic E-state index is 0.630. The highest BCUT2D eigenvalue weighted by atomic mass is 32.2. The van der Waals surface area contributed by atoms with Crippen LogP contribution in [0.15, 0.2) is 23.1 Å². The SMILES string of the molecule is COc1cccc2c1SCCC(CN)C2. The molecule has 2 rings (SSSR count). The summed E-state index contributed by atoms with van der Waals surface area (Å²) in [5.41, 5.74) is 7.16. The predicted octanol–water partition coefficient (Wildman–Crippen LogP) is 2.31. The zero-order valence-corrected chi connectivity index (χ0v) is 9.85. The first-order valence-electron chi connectivity index (χ1n) is 5.34. The molecule has 0 fully saturated rings.